The van der Waals surface area contributed by atoms with E-state index in [1.807, 2.05) is 0 Å². The van der Waals surface area contributed by atoms with Crippen molar-refractivity contribution in [3.8, 4) is 11.3 Å². The van der Waals surface area contributed by atoms with Crippen LogP contribution in [0.3, 0.4) is 0 Å². The first kappa shape index (κ1) is 18.7. The molecule has 142 valence electrons. The second kappa shape index (κ2) is 8.54. The maximum atomic E-state index is 11.6. The molecule has 0 fully saturated rings. The van der Waals surface area contributed by atoms with Gasteiger partial charge in [0.15, 0.2) is 0 Å². The smallest absolute Gasteiger partial charge is 0.287 e. The van der Waals surface area contributed by atoms with Crippen molar-refractivity contribution in [3.63, 3.8) is 0 Å². The number of nitrogens with zero attached hydrogens (tertiary/aromatic N) is 4. The normalized spacial score (nSPS) is 10.3. The SMILES string of the molecule is NC(=O)c1ccccc1-c1ccnc(NCCNc2ccc([N+](=O)[O-])cn2)n1. The van der Waals surface area contributed by atoms with Crippen LogP contribution in [0.5, 0.6) is 0 Å². The van der Waals surface area contributed by atoms with E-state index < -0.39 is 10.8 Å². The predicted molar refractivity (Wildman–Crippen MR) is 104 cm³/mol. The lowest BCUT2D eigenvalue weighted by Gasteiger charge is -2.09. The van der Waals surface area contributed by atoms with Gasteiger partial charge in [-0.15, -0.1) is 0 Å². The highest BCUT2D eigenvalue weighted by Gasteiger charge is 2.11. The van der Waals surface area contributed by atoms with E-state index >= 15 is 0 Å². The van der Waals surface area contributed by atoms with Crippen molar-refractivity contribution in [2.24, 2.45) is 5.73 Å². The van der Waals surface area contributed by atoms with E-state index in [1.54, 1.807) is 36.5 Å². The maximum Gasteiger partial charge on any atom is 0.287 e. The summed E-state index contributed by atoms with van der Waals surface area (Å²) in [7, 11) is 0. The molecule has 0 bridgehead atoms. The molecule has 1 amide bonds. The summed E-state index contributed by atoms with van der Waals surface area (Å²) >= 11 is 0. The number of nitrogens with one attached hydrogen (secondary N) is 2. The summed E-state index contributed by atoms with van der Waals surface area (Å²) in [4.78, 5) is 34.2. The van der Waals surface area contributed by atoms with E-state index in [0.29, 0.717) is 41.7 Å². The number of nitrogens with two attached hydrogens (primary N) is 1. The molecule has 1 aromatic carbocycles. The average Bonchev–Trinajstić information content (AvgIpc) is 2.72. The molecule has 10 nitrogen and oxygen atoms in total. The van der Waals surface area contributed by atoms with Gasteiger partial charge in [0.05, 0.1) is 10.6 Å². The monoisotopic (exact) mass is 379 g/mol. The predicted octanol–water partition coefficient (Wildman–Crippen LogP) is 2.07. The van der Waals surface area contributed by atoms with E-state index in [9.17, 15) is 14.9 Å². The number of benzene rings is 1. The van der Waals surface area contributed by atoms with Gasteiger partial charge >= 0.3 is 0 Å². The van der Waals surface area contributed by atoms with Crippen LogP contribution in [0.4, 0.5) is 17.5 Å². The molecule has 2 heterocycles. The lowest BCUT2D eigenvalue weighted by Crippen LogP contribution is -2.16. The first-order valence-electron chi connectivity index (χ1n) is 8.35. The van der Waals surface area contributed by atoms with Crippen LogP contribution in [0.15, 0.2) is 54.9 Å². The largest absolute Gasteiger partial charge is 0.368 e. The summed E-state index contributed by atoms with van der Waals surface area (Å²) in [6.07, 6.45) is 2.78. The van der Waals surface area contributed by atoms with Gasteiger partial charge in [0.1, 0.15) is 12.0 Å². The van der Waals surface area contributed by atoms with Crippen LogP contribution in [0.2, 0.25) is 0 Å². The standard InChI is InChI=1S/C18H17N7O3/c19-17(26)14-4-2-1-3-13(14)15-7-8-21-18(24-15)22-10-9-20-16-6-5-12(11-23-16)25(27)28/h1-8,11H,9-10H2,(H2,19,26)(H,20,23)(H,21,22,24). The highest BCUT2D eigenvalue weighted by molar-refractivity contribution is 5.99. The molecule has 0 spiro atoms. The molecule has 3 aromatic rings. The van der Waals surface area contributed by atoms with Gasteiger partial charge in [0, 0.05) is 36.5 Å². The van der Waals surface area contributed by atoms with Crippen molar-refractivity contribution in [3.05, 3.63) is 70.5 Å². The number of hydrogen-bond donors (Lipinski definition) is 3. The number of carbonyl (C=O) groups excluding carboxylic acids is 1. The molecule has 0 aliphatic heterocycles. The highest BCUT2D eigenvalue weighted by Crippen LogP contribution is 2.22. The van der Waals surface area contributed by atoms with Crippen molar-refractivity contribution in [2.45, 2.75) is 0 Å². The fourth-order valence-corrected chi connectivity index (χ4v) is 2.48. The number of rotatable bonds is 8. The average molecular weight is 379 g/mol. The van der Waals surface area contributed by atoms with Crippen LogP contribution < -0.4 is 16.4 Å². The third-order valence-corrected chi connectivity index (χ3v) is 3.80. The Morgan fingerprint density at radius 1 is 1.07 bits per heavy atom. The Morgan fingerprint density at radius 3 is 2.57 bits per heavy atom. The molecule has 10 heteroatoms. The molecule has 0 radical (unpaired) electrons. The topological polar surface area (TPSA) is 149 Å². The number of carbonyl (C=O) groups is 1. The molecule has 4 N–H and O–H groups in total. The minimum atomic E-state index is -0.525. The third-order valence-electron chi connectivity index (χ3n) is 3.80. The molecule has 0 saturated heterocycles. The van der Waals surface area contributed by atoms with Crippen LogP contribution in [0, 0.1) is 10.1 Å². The molecule has 0 saturated carbocycles. The summed E-state index contributed by atoms with van der Waals surface area (Å²) in [6.45, 7) is 0.982. The van der Waals surface area contributed by atoms with E-state index in [-0.39, 0.29) is 5.69 Å². The summed E-state index contributed by atoms with van der Waals surface area (Å²) < 4.78 is 0. The fraction of sp³-hybridized carbons (Fsp3) is 0.111. The number of anilines is 2. The second-order valence-electron chi connectivity index (χ2n) is 5.69. The Hall–Kier alpha value is -4.08. The van der Waals surface area contributed by atoms with E-state index in [4.69, 9.17) is 5.73 Å². The Kier molecular flexibility index (Phi) is 5.70. The molecular formula is C18H17N7O3. The quantitative estimate of drug-likeness (QED) is 0.306. The lowest BCUT2D eigenvalue weighted by atomic mass is 10.0. The van der Waals surface area contributed by atoms with Crippen LogP contribution in [0.25, 0.3) is 11.3 Å². The number of aromatic nitrogens is 3. The van der Waals surface area contributed by atoms with Crippen molar-refractivity contribution in [2.75, 3.05) is 23.7 Å². The van der Waals surface area contributed by atoms with Crippen LogP contribution in [0.1, 0.15) is 10.4 Å². The molecule has 2 aromatic heterocycles. The lowest BCUT2D eigenvalue weighted by molar-refractivity contribution is -0.385. The number of pyridine rings is 1. The Morgan fingerprint density at radius 2 is 1.86 bits per heavy atom. The zero-order valence-corrected chi connectivity index (χ0v) is 14.7. The van der Waals surface area contributed by atoms with Gasteiger partial charge < -0.3 is 16.4 Å². The molecule has 0 unspecified atom stereocenters. The summed E-state index contributed by atoms with van der Waals surface area (Å²) in [5.74, 6) is 0.399. The molecule has 0 atom stereocenters. The van der Waals surface area contributed by atoms with E-state index in [0.717, 1.165) is 0 Å². The molecule has 0 aliphatic carbocycles. The summed E-state index contributed by atoms with van der Waals surface area (Å²) in [5, 5.41) is 16.7. The van der Waals surface area contributed by atoms with Gasteiger partial charge in [-0.05, 0) is 18.2 Å². The molecule has 3 rings (SSSR count). The molecule has 28 heavy (non-hydrogen) atoms. The first-order chi connectivity index (χ1) is 13.5. The van der Waals surface area contributed by atoms with Crippen molar-refractivity contribution in [1.82, 2.24) is 15.0 Å². The maximum absolute atomic E-state index is 11.6. The van der Waals surface area contributed by atoms with Crippen LogP contribution in [-0.4, -0.2) is 38.9 Å². The Balaban J connectivity index is 1.60. The number of primary amides is 1. The third kappa shape index (κ3) is 4.55. The minimum Gasteiger partial charge on any atom is -0.368 e. The Labute approximate surface area is 160 Å². The van der Waals surface area contributed by atoms with Gasteiger partial charge in [-0.25, -0.2) is 15.0 Å². The van der Waals surface area contributed by atoms with E-state index in [1.165, 1.54) is 18.3 Å². The van der Waals surface area contributed by atoms with Crippen molar-refractivity contribution in [1.29, 1.82) is 0 Å². The van der Waals surface area contributed by atoms with Crippen LogP contribution in [-0.2, 0) is 0 Å². The number of nitro groups is 1. The zero-order valence-electron chi connectivity index (χ0n) is 14.7. The molecular weight excluding hydrogens is 362 g/mol. The highest BCUT2D eigenvalue weighted by atomic mass is 16.6. The van der Waals surface area contributed by atoms with Gasteiger partial charge in [-0.2, -0.15) is 0 Å². The zero-order chi connectivity index (χ0) is 19.9. The van der Waals surface area contributed by atoms with Gasteiger partial charge in [0.25, 0.3) is 5.69 Å². The van der Waals surface area contributed by atoms with Crippen molar-refractivity contribution < 1.29 is 9.72 Å². The first-order valence-corrected chi connectivity index (χ1v) is 8.35. The van der Waals surface area contributed by atoms with Crippen molar-refractivity contribution >= 4 is 23.4 Å². The fourth-order valence-electron chi connectivity index (χ4n) is 2.48. The van der Waals surface area contributed by atoms with Gasteiger partial charge in [0.2, 0.25) is 11.9 Å². The summed E-state index contributed by atoms with van der Waals surface area (Å²) in [6, 6.07) is 11.6. The van der Waals surface area contributed by atoms with E-state index in [2.05, 4.69) is 25.6 Å². The second-order valence-corrected chi connectivity index (χ2v) is 5.69. The Bertz CT molecular complexity index is 992. The van der Waals surface area contributed by atoms with Gasteiger partial charge in [-0.3, -0.25) is 14.9 Å². The molecule has 0 aliphatic rings. The number of amides is 1. The minimum absolute atomic E-state index is 0.0647. The summed E-state index contributed by atoms with van der Waals surface area (Å²) in [5.41, 5.74) is 6.96. The van der Waals surface area contributed by atoms with Gasteiger partial charge in [-0.1, -0.05) is 18.2 Å². The number of hydrogen-bond acceptors (Lipinski definition) is 8. The van der Waals surface area contributed by atoms with Crippen LogP contribution >= 0.6 is 0 Å².